The van der Waals surface area contributed by atoms with Gasteiger partial charge >= 0.3 is 12.3 Å². The molecular weight excluding hydrogens is 335 g/mol. The molecule has 1 heterocycles. The molecule has 1 aliphatic rings. The number of rotatable bonds is 3. The zero-order valence-electron chi connectivity index (χ0n) is 12.9. The number of imide groups is 1. The Balaban J connectivity index is 1.99. The van der Waals surface area contributed by atoms with Crippen molar-refractivity contribution in [2.45, 2.75) is 18.1 Å². The molecule has 1 aliphatic heterocycles. The summed E-state index contributed by atoms with van der Waals surface area (Å²) < 4.78 is 45.6. The minimum absolute atomic E-state index is 0.173. The molecule has 3 rings (SSSR count). The van der Waals surface area contributed by atoms with E-state index in [2.05, 4.69) is 0 Å². The maximum Gasteiger partial charge on any atom is 0.417 e. The van der Waals surface area contributed by atoms with Crippen molar-refractivity contribution in [3.05, 3.63) is 71.8 Å². The maximum absolute atomic E-state index is 13.6. The fourth-order valence-electron chi connectivity index (χ4n) is 2.84. The van der Waals surface area contributed by atoms with Gasteiger partial charge in [0.2, 0.25) is 5.91 Å². The van der Waals surface area contributed by atoms with Crippen molar-refractivity contribution >= 4 is 12.0 Å². The number of cyclic esters (lactones) is 1. The van der Waals surface area contributed by atoms with Gasteiger partial charge in [0, 0.05) is 0 Å². The zero-order valence-corrected chi connectivity index (χ0v) is 12.9. The number of benzene rings is 2. The molecule has 2 atom stereocenters. The van der Waals surface area contributed by atoms with Crippen molar-refractivity contribution in [1.29, 1.82) is 0 Å². The molecular formula is C18H14F3NO3. The first-order chi connectivity index (χ1) is 11.9. The van der Waals surface area contributed by atoms with E-state index in [9.17, 15) is 22.8 Å². The number of nitrogens with zero attached hydrogens (tertiary/aromatic N) is 1. The van der Waals surface area contributed by atoms with Crippen LogP contribution in [0.3, 0.4) is 0 Å². The second kappa shape index (κ2) is 6.58. The average molecular weight is 349 g/mol. The fourth-order valence-corrected chi connectivity index (χ4v) is 2.84. The highest BCUT2D eigenvalue weighted by molar-refractivity contribution is 5.97. The first-order valence-electron chi connectivity index (χ1n) is 7.56. The third-order valence-electron chi connectivity index (χ3n) is 4.00. The van der Waals surface area contributed by atoms with Crippen molar-refractivity contribution in [2.75, 3.05) is 6.61 Å². The van der Waals surface area contributed by atoms with Crippen LogP contribution in [0.5, 0.6) is 0 Å². The highest BCUT2D eigenvalue weighted by atomic mass is 19.4. The van der Waals surface area contributed by atoms with Crippen LogP contribution < -0.4 is 0 Å². The van der Waals surface area contributed by atoms with Gasteiger partial charge in [0.1, 0.15) is 12.6 Å². The van der Waals surface area contributed by atoms with Gasteiger partial charge in [0.05, 0.1) is 0 Å². The Bertz CT molecular complexity index is 762. The summed E-state index contributed by atoms with van der Waals surface area (Å²) in [6, 6.07) is 14.3. The lowest BCUT2D eigenvalue weighted by Gasteiger charge is -2.26. The molecule has 0 saturated carbocycles. The fraction of sp³-hybridized carbons (Fsp3) is 0.222. The van der Waals surface area contributed by atoms with Crippen LogP contribution in [0, 0.1) is 0 Å². The molecule has 7 heteroatoms. The molecule has 0 bridgehead atoms. The molecule has 25 heavy (non-hydrogen) atoms. The molecule has 0 radical (unpaired) electrons. The Morgan fingerprint density at radius 2 is 1.60 bits per heavy atom. The van der Waals surface area contributed by atoms with E-state index in [0.717, 1.165) is 0 Å². The standard InChI is InChI=1S/C18H14F3NO3/c19-18(20,21)15(13-9-5-2-6-10-13)16(23)22-14(11-25-17(22)24)12-7-3-1-4-8-12/h1-10,14-15H,11H2/t14-,15+/m0/s1. The number of alkyl halides is 3. The Hall–Kier alpha value is -2.83. The van der Waals surface area contributed by atoms with Crippen molar-refractivity contribution in [3.8, 4) is 0 Å². The summed E-state index contributed by atoms with van der Waals surface area (Å²) in [4.78, 5) is 25.2. The van der Waals surface area contributed by atoms with Crippen LogP contribution in [-0.4, -0.2) is 29.7 Å². The molecule has 0 aliphatic carbocycles. The van der Waals surface area contributed by atoms with Crippen molar-refractivity contribution in [2.24, 2.45) is 0 Å². The summed E-state index contributed by atoms with van der Waals surface area (Å²) in [6.45, 7) is -0.173. The monoisotopic (exact) mass is 349 g/mol. The lowest BCUT2D eigenvalue weighted by Crippen LogP contribution is -2.42. The number of ether oxygens (including phenoxy) is 1. The van der Waals surface area contributed by atoms with E-state index in [1.54, 1.807) is 36.4 Å². The van der Waals surface area contributed by atoms with Crippen LogP contribution in [0.2, 0.25) is 0 Å². The average Bonchev–Trinajstić information content (AvgIpc) is 2.97. The summed E-state index contributed by atoms with van der Waals surface area (Å²) in [5.74, 6) is -3.76. The number of hydrogen-bond acceptors (Lipinski definition) is 3. The van der Waals surface area contributed by atoms with Crippen molar-refractivity contribution in [3.63, 3.8) is 0 Å². The number of amides is 2. The van der Waals surface area contributed by atoms with E-state index >= 15 is 0 Å². The molecule has 4 nitrogen and oxygen atoms in total. The first-order valence-corrected chi connectivity index (χ1v) is 7.56. The van der Waals surface area contributed by atoms with Gasteiger partial charge in [-0.2, -0.15) is 13.2 Å². The SMILES string of the molecule is O=C1OC[C@@H](c2ccccc2)N1C(=O)[C@@H](c1ccccc1)C(F)(F)F. The normalized spacial score (nSPS) is 18.8. The van der Waals surface area contributed by atoms with Gasteiger partial charge in [-0.1, -0.05) is 60.7 Å². The van der Waals surface area contributed by atoms with E-state index in [4.69, 9.17) is 4.74 Å². The number of halogens is 3. The van der Waals surface area contributed by atoms with E-state index in [-0.39, 0.29) is 12.2 Å². The zero-order chi connectivity index (χ0) is 18.0. The van der Waals surface area contributed by atoms with Gasteiger partial charge in [-0.25, -0.2) is 9.69 Å². The molecule has 1 saturated heterocycles. The topological polar surface area (TPSA) is 46.6 Å². The third-order valence-corrected chi connectivity index (χ3v) is 4.00. The summed E-state index contributed by atoms with van der Waals surface area (Å²) in [7, 11) is 0. The maximum atomic E-state index is 13.6. The summed E-state index contributed by atoms with van der Waals surface area (Å²) >= 11 is 0. The van der Waals surface area contributed by atoms with Gasteiger partial charge < -0.3 is 4.74 Å². The largest absolute Gasteiger partial charge is 0.446 e. The van der Waals surface area contributed by atoms with Crippen molar-refractivity contribution < 1.29 is 27.5 Å². The van der Waals surface area contributed by atoms with Gasteiger partial charge in [-0.3, -0.25) is 4.79 Å². The van der Waals surface area contributed by atoms with Crippen LogP contribution in [-0.2, 0) is 9.53 Å². The lowest BCUT2D eigenvalue weighted by atomic mass is 9.95. The number of carbonyl (C=O) groups excluding carboxylic acids is 2. The van der Waals surface area contributed by atoms with Gasteiger partial charge in [-0.15, -0.1) is 0 Å². The highest BCUT2D eigenvalue weighted by Gasteiger charge is 2.52. The van der Waals surface area contributed by atoms with Crippen LogP contribution >= 0.6 is 0 Å². The summed E-state index contributed by atoms with van der Waals surface area (Å²) in [5.41, 5.74) is 0.321. The van der Waals surface area contributed by atoms with Crippen LogP contribution in [0.4, 0.5) is 18.0 Å². The Morgan fingerprint density at radius 1 is 1.04 bits per heavy atom. The third kappa shape index (κ3) is 3.35. The van der Waals surface area contributed by atoms with Crippen LogP contribution in [0.1, 0.15) is 23.1 Å². The molecule has 130 valence electrons. The van der Waals surface area contributed by atoms with E-state index in [1.165, 1.54) is 24.3 Å². The van der Waals surface area contributed by atoms with E-state index in [0.29, 0.717) is 10.5 Å². The van der Waals surface area contributed by atoms with Gasteiger partial charge in [0.25, 0.3) is 0 Å². The predicted octanol–water partition coefficient (Wildman–Crippen LogP) is 4.05. The molecule has 2 aromatic rings. The first kappa shape index (κ1) is 17.0. The summed E-state index contributed by atoms with van der Waals surface area (Å²) in [6.07, 6.45) is -5.90. The van der Waals surface area contributed by atoms with Crippen LogP contribution in [0.25, 0.3) is 0 Å². The molecule has 0 spiro atoms. The van der Waals surface area contributed by atoms with Gasteiger partial charge in [-0.05, 0) is 11.1 Å². The summed E-state index contributed by atoms with van der Waals surface area (Å²) in [5, 5.41) is 0. The molecule has 1 fully saturated rings. The smallest absolute Gasteiger partial charge is 0.417 e. The Morgan fingerprint density at radius 3 is 2.16 bits per heavy atom. The molecule has 0 N–H and O–H groups in total. The van der Waals surface area contributed by atoms with Crippen molar-refractivity contribution in [1.82, 2.24) is 4.90 Å². The predicted molar refractivity (Wildman–Crippen MR) is 82.6 cm³/mol. The van der Waals surface area contributed by atoms with Gasteiger partial charge in [0.15, 0.2) is 5.92 Å². The number of hydrogen-bond donors (Lipinski definition) is 0. The van der Waals surface area contributed by atoms with Crippen LogP contribution in [0.15, 0.2) is 60.7 Å². The molecule has 2 aromatic carbocycles. The Kier molecular flexibility index (Phi) is 4.48. The lowest BCUT2D eigenvalue weighted by molar-refractivity contribution is -0.170. The highest BCUT2D eigenvalue weighted by Crippen LogP contribution is 2.39. The quantitative estimate of drug-likeness (QED) is 0.840. The molecule has 2 amide bonds. The minimum atomic E-state index is -4.83. The molecule has 0 unspecified atom stereocenters. The van der Waals surface area contributed by atoms with E-state index < -0.39 is 30.1 Å². The molecule has 0 aromatic heterocycles. The second-order valence-electron chi connectivity index (χ2n) is 5.60. The Labute approximate surface area is 141 Å². The number of carbonyl (C=O) groups is 2. The minimum Gasteiger partial charge on any atom is -0.446 e. The second-order valence-corrected chi connectivity index (χ2v) is 5.60. The van der Waals surface area contributed by atoms with E-state index in [1.807, 2.05) is 0 Å².